The van der Waals surface area contributed by atoms with E-state index in [1.54, 1.807) is 0 Å². The van der Waals surface area contributed by atoms with Crippen molar-refractivity contribution in [3.8, 4) is 0 Å². The summed E-state index contributed by atoms with van der Waals surface area (Å²) in [5.74, 6) is 3.50. The molecule has 0 atom stereocenters. The average molecular weight is 259 g/mol. The van der Waals surface area contributed by atoms with Crippen molar-refractivity contribution in [1.29, 1.82) is 0 Å². The van der Waals surface area contributed by atoms with E-state index in [1.807, 2.05) is 0 Å². The molecule has 2 nitrogen and oxygen atoms in total. The van der Waals surface area contributed by atoms with Gasteiger partial charge < -0.3 is 30.0 Å². The Kier molecular flexibility index (Phi) is 668. The summed E-state index contributed by atoms with van der Waals surface area (Å²) in [5.41, 5.74) is 0. The molecule has 0 saturated heterocycles. The van der Waals surface area contributed by atoms with Crippen molar-refractivity contribution in [2.75, 3.05) is 0 Å². The van der Waals surface area contributed by atoms with E-state index in [-0.39, 0.29) is 61.1 Å². The van der Waals surface area contributed by atoms with Crippen LogP contribution in [0.3, 0.4) is 0 Å². The normalized spacial score (nSPS) is 1.00. The SMILES string of the molecule is Cl.NO.[Cl-].[Cl-].[Sn+2]. The monoisotopic (exact) mass is 259 g/mol. The molecule has 0 aliphatic rings. The predicted octanol–water partition coefficient (Wildman–Crippen LogP) is -6.62. The molecule has 0 aromatic carbocycles. The molecule has 0 fully saturated rings. The van der Waals surface area contributed by atoms with E-state index >= 15 is 0 Å². The van der Waals surface area contributed by atoms with Crippen LogP contribution in [-0.2, 0) is 0 Å². The van der Waals surface area contributed by atoms with E-state index in [9.17, 15) is 0 Å². The van der Waals surface area contributed by atoms with Crippen molar-refractivity contribution >= 4 is 36.3 Å². The number of halogens is 3. The summed E-state index contributed by atoms with van der Waals surface area (Å²) in [6.07, 6.45) is 0. The van der Waals surface area contributed by atoms with Crippen LogP contribution in [0.4, 0.5) is 0 Å². The minimum absolute atomic E-state index is 0. The van der Waals surface area contributed by atoms with Gasteiger partial charge in [-0.05, 0) is 0 Å². The van der Waals surface area contributed by atoms with Crippen LogP contribution in [0.2, 0.25) is 0 Å². The fourth-order valence-electron chi connectivity index (χ4n) is 0. The first kappa shape index (κ1) is 49.2. The molecule has 0 aliphatic heterocycles. The first-order chi connectivity index (χ1) is 1.00. The second kappa shape index (κ2) is 81.5. The summed E-state index contributed by atoms with van der Waals surface area (Å²) in [5, 5.41) is 6.50. The molecule has 0 aliphatic carbocycles. The third-order valence-corrected chi connectivity index (χ3v) is 0. The Balaban J connectivity index is -0.000000000833. The molecule has 0 aromatic heterocycles. The van der Waals surface area contributed by atoms with E-state index in [4.69, 9.17) is 5.21 Å². The molecular formula is H4Cl3NOSn. The topological polar surface area (TPSA) is 46.2 Å². The standard InChI is InChI=1S/3ClH.H3NO.Sn/c;;;1-2;/h3*1H;2H,1H2;/q;;;;+2/p-2. The molecule has 0 unspecified atom stereocenters. The minimum Gasteiger partial charge on any atom is -1.00 e. The van der Waals surface area contributed by atoms with Gasteiger partial charge in [0.1, 0.15) is 0 Å². The Morgan fingerprint density at radius 3 is 1.00 bits per heavy atom. The van der Waals surface area contributed by atoms with Crippen LogP contribution < -0.4 is 30.7 Å². The van der Waals surface area contributed by atoms with Crippen LogP contribution in [-0.4, -0.2) is 29.1 Å². The average Bonchev–Trinajstić information content (AvgIpc) is 1.00. The Hall–Kier alpha value is 1.59. The van der Waals surface area contributed by atoms with Crippen LogP contribution in [0.5, 0.6) is 0 Å². The summed E-state index contributed by atoms with van der Waals surface area (Å²) < 4.78 is 0. The van der Waals surface area contributed by atoms with Crippen LogP contribution >= 0.6 is 12.4 Å². The molecule has 6 heteroatoms. The molecular weight excluding hydrogens is 255 g/mol. The molecule has 0 saturated carbocycles. The molecule has 3 N–H and O–H groups in total. The third kappa shape index (κ3) is 46.6. The summed E-state index contributed by atoms with van der Waals surface area (Å²) in [4.78, 5) is 0. The molecule has 0 aromatic rings. The Morgan fingerprint density at radius 1 is 1.00 bits per heavy atom. The quantitative estimate of drug-likeness (QED) is 0.336. The zero-order valence-corrected chi connectivity index (χ0v) is 7.87. The van der Waals surface area contributed by atoms with Gasteiger partial charge in [0.05, 0.1) is 0 Å². The van der Waals surface area contributed by atoms with Crippen molar-refractivity contribution in [2.24, 2.45) is 5.90 Å². The van der Waals surface area contributed by atoms with Crippen LogP contribution in [0.1, 0.15) is 0 Å². The van der Waals surface area contributed by atoms with Crippen molar-refractivity contribution in [3.05, 3.63) is 0 Å². The molecule has 0 rings (SSSR count). The number of rotatable bonds is 0. The molecule has 40 valence electrons. The van der Waals surface area contributed by atoms with Gasteiger partial charge >= 0.3 is 23.9 Å². The van der Waals surface area contributed by atoms with Gasteiger partial charge in [0.15, 0.2) is 0 Å². The van der Waals surface area contributed by atoms with Gasteiger partial charge in [0.2, 0.25) is 0 Å². The first-order valence-electron chi connectivity index (χ1n) is 0.258. The maximum Gasteiger partial charge on any atom is 2.00 e. The second-order valence-electron chi connectivity index (χ2n) is 0. The van der Waals surface area contributed by atoms with Gasteiger partial charge in [0, 0.05) is 0 Å². The summed E-state index contributed by atoms with van der Waals surface area (Å²) in [6.45, 7) is 0. The number of hydrogen-bond donors (Lipinski definition) is 2. The fourth-order valence-corrected chi connectivity index (χ4v) is 0. The molecule has 0 amide bonds. The second-order valence-corrected chi connectivity index (χ2v) is 0. The first-order valence-corrected chi connectivity index (χ1v) is 0.258. The Labute approximate surface area is 72.0 Å². The van der Waals surface area contributed by atoms with E-state index in [2.05, 4.69) is 5.90 Å². The van der Waals surface area contributed by atoms with Gasteiger partial charge in [-0.25, -0.2) is 5.90 Å². The third-order valence-electron chi connectivity index (χ3n) is 0. The summed E-state index contributed by atoms with van der Waals surface area (Å²) in [6, 6.07) is 0. The summed E-state index contributed by atoms with van der Waals surface area (Å²) >= 11 is 0. The van der Waals surface area contributed by atoms with E-state index in [0.29, 0.717) is 0 Å². The van der Waals surface area contributed by atoms with Crippen LogP contribution in [0.15, 0.2) is 0 Å². The maximum absolute atomic E-state index is 6.50. The number of nitrogens with two attached hydrogens (primary N) is 1. The molecule has 0 heterocycles. The molecule has 0 spiro atoms. The van der Waals surface area contributed by atoms with Crippen molar-refractivity contribution < 1.29 is 30.0 Å². The van der Waals surface area contributed by atoms with E-state index < -0.39 is 0 Å². The zero-order chi connectivity index (χ0) is 2.00. The van der Waals surface area contributed by atoms with Gasteiger partial charge in [0.25, 0.3) is 0 Å². The Morgan fingerprint density at radius 2 is 1.00 bits per heavy atom. The van der Waals surface area contributed by atoms with Gasteiger partial charge in [-0.15, -0.1) is 12.4 Å². The zero-order valence-electron chi connectivity index (χ0n) is 2.69. The number of hydrogen-bond acceptors (Lipinski definition) is 2. The van der Waals surface area contributed by atoms with Crippen LogP contribution in [0.25, 0.3) is 0 Å². The molecule has 2 radical (unpaired) electrons. The van der Waals surface area contributed by atoms with Gasteiger partial charge in [-0.1, -0.05) is 0 Å². The largest absolute Gasteiger partial charge is 2.00 e. The predicted molar refractivity (Wildman–Crippen MR) is 19.0 cm³/mol. The van der Waals surface area contributed by atoms with Gasteiger partial charge in [-0.2, -0.15) is 0 Å². The van der Waals surface area contributed by atoms with E-state index in [0.717, 1.165) is 0 Å². The molecule has 0 bridgehead atoms. The smallest absolute Gasteiger partial charge is 1.00 e. The summed E-state index contributed by atoms with van der Waals surface area (Å²) in [7, 11) is 0. The van der Waals surface area contributed by atoms with Crippen molar-refractivity contribution in [2.45, 2.75) is 0 Å². The molecule has 6 heavy (non-hydrogen) atoms. The minimum atomic E-state index is 0. The van der Waals surface area contributed by atoms with Gasteiger partial charge in [-0.3, -0.25) is 0 Å². The van der Waals surface area contributed by atoms with Crippen molar-refractivity contribution in [1.82, 2.24) is 0 Å². The Bertz CT molecular complexity index is 10.8. The fraction of sp³-hybridized carbons (Fsp3) is 0. The van der Waals surface area contributed by atoms with Crippen LogP contribution in [0, 0.1) is 0 Å². The van der Waals surface area contributed by atoms with Crippen molar-refractivity contribution in [3.63, 3.8) is 0 Å². The van der Waals surface area contributed by atoms with E-state index in [1.165, 1.54) is 0 Å². The maximum atomic E-state index is 6.50.